The molecule has 0 radical (unpaired) electrons. The maximum absolute atomic E-state index is 12.8. The van der Waals surface area contributed by atoms with Crippen LogP contribution in [0.1, 0.15) is 24.7 Å². The summed E-state index contributed by atoms with van der Waals surface area (Å²) in [6.07, 6.45) is 1.14. The van der Waals surface area contributed by atoms with Crippen molar-refractivity contribution in [3.8, 4) is 0 Å². The van der Waals surface area contributed by atoms with Crippen LogP contribution in [0.15, 0.2) is 29.2 Å². The van der Waals surface area contributed by atoms with Crippen molar-refractivity contribution in [2.24, 2.45) is 0 Å². The molecule has 1 saturated heterocycles. The number of hydrogen-bond acceptors (Lipinski definition) is 3. The van der Waals surface area contributed by atoms with Gasteiger partial charge in [0.15, 0.2) is 0 Å². The van der Waals surface area contributed by atoms with Gasteiger partial charge in [0.2, 0.25) is 5.91 Å². The molecular weight excluding hydrogens is 325 g/mol. The van der Waals surface area contributed by atoms with Crippen LogP contribution >= 0.6 is 23.2 Å². The number of aryl methyl sites for hydroxylation is 1. The Labute approximate surface area is 136 Å². The van der Waals surface area contributed by atoms with Crippen LogP contribution < -0.4 is 10.9 Å². The Morgan fingerprint density at radius 3 is 2.68 bits per heavy atom. The van der Waals surface area contributed by atoms with Gasteiger partial charge in [0, 0.05) is 5.70 Å². The van der Waals surface area contributed by atoms with E-state index in [9.17, 15) is 9.59 Å². The second-order valence-electron chi connectivity index (χ2n) is 5.26. The monoisotopic (exact) mass is 337 g/mol. The zero-order chi connectivity index (χ0) is 16.0. The zero-order valence-corrected chi connectivity index (χ0v) is 13.3. The number of nitrogens with zero attached hydrogens (tertiary/aromatic N) is 2. The molecule has 0 aliphatic carbocycles. The standard InChI is InChI=1S/C15H13Cl2N3O2/c1-7-3-4-13(14(21)18-7)20-8(2)19-12-6-11(17)10(16)5-9(12)15(20)22/h5-6,13H,1,3-4H2,2H3,(H,18,21). The highest BCUT2D eigenvalue weighted by molar-refractivity contribution is 6.42. The molecule has 1 N–H and O–H groups in total. The lowest BCUT2D eigenvalue weighted by molar-refractivity contribution is -0.124. The maximum Gasteiger partial charge on any atom is 0.262 e. The van der Waals surface area contributed by atoms with E-state index in [4.69, 9.17) is 23.2 Å². The second kappa shape index (κ2) is 5.41. The second-order valence-corrected chi connectivity index (χ2v) is 6.08. The van der Waals surface area contributed by atoms with Gasteiger partial charge in [0.05, 0.1) is 20.9 Å². The first-order valence-corrected chi connectivity index (χ1v) is 7.50. The molecule has 1 aromatic heterocycles. The minimum atomic E-state index is -0.593. The number of hydrogen-bond donors (Lipinski definition) is 1. The summed E-state index contributed by atoms with van der Waals surface area (Å²) in [5, 5.41) is 3.65. The van der Waals surface area contributed by atoms with Crippen LogP contribution in [0.4, 0.5) is 0 Å². The Bertz CT molecular complexity index is 873. The Hall–Kier alpha value is -1.85. The van der Waals surface area contributed by atoms with Crippen molar-refractivity contribution in [1.82, 2.24) is 14.9 Å². The van der Waals surface area contributed by atoms with Gasteiger partial charge in [0.1, 0.15) is 11.9 Å². The summed E-state index contributed by atoms with van der Waals surface area (Å²) in [4.78, 5) is 29.3. The van der Waals surface area contributed by atoms with Gasteiger partial charge in [-0.15, -0.1) is 0 Å². The number of rotatable bonds is 1. The van der Waals surface area contributed by atoms with E-state index in [-0.39, 0.29) is 16.5 Å². The molecule has 1 amide bonds. The SMILES string of the molecule is C=C1CCC(n2c(C)nc3cc(Cl)c(Cl)cc3c2=O)C(=O)N1. The van der Waals surface area contributed by atoms with Crippen LogP contribution in [0.5, 0.6) is 0 Å². The average molecular weight is 338 g/mol. The molecule has 1 aliphatic heterocycles. The molecule has 1 unspecified atom stereocenters. The summed E-state index contributed by atoms with van der Waals surface area (Å²) >= 11 is 12.0. The molecule has 3 rings (SSSR count). The highest BCUT2D eigenvalue weighted by Crippen LogP contribution is 2.27. The Morgan fingerprint density at radius 2 is 2.00 bits per heavy atom. The van der Waals surface area contributed by atoms with Crippen molar-refractivity contribution < 1.29 is 4.79 Å². The first-order chi connectivity index (χ1) is 10.4. The third-order valence-corrected chi connectivity index (χ3v) is 4.47. The van der Waals surface area contributed by atoms with Crippen molar-refractivity contribution in [3.05, 3.63) is 50.6 Å². The molecule has 114 valence electrons. The molecule has 5 nitrogen and oxygen atoms in total. The molecule has 1 atom stereocenters. The third kappa shape index (κ3) is 2.40. The van der Waals surface area contributed by atoms with E-state index < -0.39 is 6.04 Å². The molecule has 1 fully saturated rings. The summed E-state index contributed by atoms with van der Waals surface area (Å²) in [6.45, 7) is 5.44. The smallest absolute Gasteiger partial charge is 0.262 e. The summed E-state index contributed by atoms with van der Waals surface area (Å²) < 4.78 is 1.41. The van der Waals surface area contributed by atoms with Crippen molar-refractivity contribution in [2.45, 2.75) is 25.8 Å². The van der Waals surface area contributed by atoms with Gasteiger partial charge in [-0.3, -0.25) is 14.2 Å². The van der Waals surface area contributed by atoms with E-state index in [1.54, 1.807) is 13.0 Å². The molecule has 2 aromatic rings. The van der Waals surface area contributed by atoms with E-state index in [0.717, 1.165) is 0 Å². The highest BCUT2D eigenvalue weighted by atomic mass is 35.5. The fourth-order valence-corrected chi connectivity index (χ4v) is 3.00. The van der Waals surface area contributed by atoms with Gasteiger partial charge in [-0.2, -0.15) is 0 Å². The number of carbonyl (C=O) groups excluding carboxylic acids is 1. The lowest BCUT2D eigenvalue weighted by atomic mass is 10.0. The van der Waals surface area contributed by atoms with Crippen molar-refractivity contribution in [1.29, 1.82) is 0 Å². The largest absolute Gasteiger partial charge is 0.329 e. The van der Waals surface area contributed by atoms with E-state index in [2.05, 4.69) is 16.9 Å². The zero-order valence-electron chi connectivity index (χ0n) is 11.8. The van der Waals surface area contributed by atoms with Crippen LogP contribution in [0.2, 0.25) is 10.0 Å². The number of nitrogens with one attached hydrogen (secondary N) is 1. The molecule has 7 heteroatoms. The Kier molecular flexibility index (Phi) is 3.70. The summed E-state index contributed by atoms with van der Waals surface area (Å²) in [5.74, 6) is 0.214. The van der Waals surface area contributed by atoms with Crippen LogP contribution in [-0.2, 0) is 4.79 Å². The van der Waals surface area contributed by atoms with Gasteiger partial charge in [-0.25, -0.2) is 4.98 Å². The molecule has 1 aromatic carbocycles. The fraction of sp³-hybridized carbons (Fsp3) is 0.267. The predicted octanol–water partition coefficient (Wildman–Crippen LogP) is 2.98. The molecule has 22 heavy (non-hydrogen) atoms. The molecule has 1 aliphatic rings. The van der Waals surface area contributed by atoms with Gasteiger partial charge >= 0.3 is 0 Å². The maximum atomic E-state index is 12.8. The highest BCUT2D eigenvalue weighted by Gasteiger charge is 2.28. The normalized spacial score (nSPS) is 18.6. The summed E-state index contributed by atoms with van der Waals surface area (Å²) in [6, 6.07) is 2.45. The number of piperidine rings is 1. The lowest BCUT2D eigenvalue weighted by Gasteiger charge is -2.26. The van der Waals surface area contributed by atoms with Gasteiger partial charge in [0.25, 0.3) is 5.56 Å². The first kappa shape index (κ1) is 15.1. The van der Waals surface area contributed by atoms with Crippen molar-refractivity contribution in [3.63, 3.8) is 0 Å². The molecule has 0 bridgehead atoms. The van der Waals surface area contributed by atoms with Crippen LogP contribution in [-0.4, -0.2) is 15.5 Å². The summed E-state index contributed by atoms with van der Waals surface area (Å²) in [5.41, 5.74) is 0.832. The number of aromatic nitrogens is 2. The predicted molar refractivity (Wildman–Crippen MR) is 86.3 cm³/mol. The third-order valence-electron chi connectivity index (χ3n) is 3.75. The molecule has 0 spiro atoms. The minimum absolute atomic E-state index is 0.248. The number of carbonyl (C=O) groups is 1. The first-order valence-electron chi connectivity index (χ1n) is 6.75. The lowest BCUT2D eigenvalue weighted by Crippen LogP contribution is -2.41. The number of allylic oxidation sites excluding steroid dienone is 1. The van der Waals surface area contributed by atoms with Crippen LogP contribution in [0.25, 0.3) is 10.9 Å². The average Bonchev–Trinajstić information content (AvgIpc) is 2.43. The van der Waals surface area contributed by atoms with E-state index in [1.165, 1.54) is 10.6 Å². The fourth-order valence-electron chi connectivity index (χ4n) is 2.68. The van der Waals surface area contributed by atoms with Gasteiger partial charge in [-0.05, 0) is 31.9 Å². The van der Waals surface area contributed by atoms with Crippen LogP contribution in [0, 0.1) is 6.92 Å². The van der Waals surface area contributed by atoms with E-state index >= 15 is 0 Å². The Morgan fingerprint density at radius 1 is 1.32 bits per heavy atom. The number of amides is 1. The van der Waals surface area contributed by atoms with Crippen LogP contribution in [0.3, 0.4) is 0 Å². The summed E-state index contributed by atoms with van der Waals surface area (Å²) in [7, 11) is 0. The minimum Gasteiger partial charge on any atom is -0.329 e. The number of halogens is 2. The topological polar surface area (TPSA) is 64.0 Å². The van der Waals surface area contributed by atoms with Crippen molar-refractivity contribution >= 4 is 40.0 Å². The number of benzene rings is 1. The Balaban J connectivity index is 2.22. The molecular formula is C15H13Cl2N3O2. The number of fused-ring (bicyclic) bond motifs is 1. The van der Waals surface area contributed by atoms with E-state index in [0.29, 0.717) is 40.3 Å². The van der Waals surface area contributed by atoms with Crippen molar-refractivity contribution in [2.75, 3.05) is 0 Å². The quantitative estimate of drug-likeness (QED) is 0.869. The van der Waals surface area contributed by atoms with Gasteiger partial charge in [-0.1, -0.05) is 29.8 Å². The molecule has 0 saturated carbocycles. The van der Waals surface area contributed by atoms with Gasteiger partial charge < -0.3 is 5.32 Å². The molecule has 2 heterocycles. The van der Waals surface area contributed by atoms with E-state index in [1.807, 2.05) is 0 Å².